The highest BCUT2D eigenvalue weighted by Gasteiger charge is 2.13. The van der Waals surface area contributed by atoms with Crippen molar-refractivity contribution in [1.29, 1.82) is 0 Å². The first kappa shape index (κ1) is 13.8. The summed E-state index contributed by atoms with van der Waals surface area (Å²) < 4.78 is 1.89. The molecule has 17 heavy (non-hydrogen) atoms. The number of amides is 1. The zero-order valence-electron chi connectivity index (χ0n) is 11.2. The Morgan fingerprint density at radius 2 is 2.18 bits per heavy atom. The Morgan fingerprint density at radius 1 is 1.53 bits per heavy atom. The predicted octanol–water partition coefficient (Wildman–Crippen LogP) is 1.76. The molecule has 1 aromatic heterocycles. The molecule has 1 aromatic rings. The Balaban J connectivity index is 2.63. The molecule has 0 aliphatic heterocycles. The molecule has 1 amide bonds. The number of hydrogen-bond donors (Lipinski definition) is 1. The molecule has 4 heteroatoms. The fraction of sp³-hybridized carbons (Fsp3) is 0.615. The van der Waals surface area contributed by atoms with Crippen molar-refractivity contribution < 1.29 is 4.79 Å². The van der Waals surface area contributed by atoms with E-state index >= 15 is 0 Å². The topological polar surface area (TPSA) is 51.3 Å². The fourth-order valence-electron chi connectivity index (χ4n) is 1.57. The first-order chi connectivity index (χ1) is 7.95. The van der Waals surface area contributed by atoms with Crippen LogP contribution in [0.4, 0.5) is 0 Å². The summed E-state index contributed by atoms with van der Waals surface area (Å²) in [6.45, 7) is 6.45. The monoisotopic (exact) mass is 237 g/mol. The van der Waals surface area contributed by atoms with Crippen LogP contribution in [0.2, 0.25) is 0 Å². The van der Waals surface area contributed by atoms with Crippen molar-refractivity contribution in [2.75, 3.05) is 7.05 Å². The molecule has 1 rings (SSSR count). The largest absolute Gasteiger partial charge is 0.345 e. The Hall–Kier alpha value is -1.29. The van der Waals surface area contributed by atoms with Crippen molar-refractivity contribution in [1.82, 2.24) is 9.47 Å². The van der Waals surface area contributed by atoms with Gasteiger partial charge in [0.1, 0.15) is 6.54 Å². The SMILES string of the molecule is CCC(N)c1ccn(CC(=O)N(C)C(C)C)c1. The number of likely N-dealkylation sites (N-methyl/N-ethyl adjacent to an activating group) is 1. The van der Waals surface area contributed by atoms with E-state index in [1.54, 1.807) is 4.90 Å². The molecule has 2 N–H and O–H groups in total. The summed E-state index contributed by atoms with van der Waals surface area (Å²) in [5, 5.41) is 0. The lowest BCUT2D eigenvalue weighted by Gasteiger charge is -2.21. The summed E-state index contributed by atoms with van der Waals surface area (Å²) in [5.74, 6) is 0.118. The molecule has 0 radical (unpaired) electrons. The lowest BCUT2D eigenvalue weighted by molar-refractivity contribution is -0.131. The third kappa shape index (κ3) is 3.60. The summed E-state index contributed by atoms with van der Waals surface area (Å²) in [6.07, 6.45) is 4.78. The molecule has 96 valence electrons. The van der Waals surface area contributed by atoms with Crippen molar-refractivity contribution in [3.63, 3.8) is 0 Å². The molecule has 1 heterocycles. The van der Waals surface area contributed by atoms with Gasteiger partial charge in [0.15, 0.2) is 0 Å². The minimum Gasteiger partial charge on any atom is -0.345 e. The third-order valence-corrected chi connectivity index (χ3v) is 3.13. The van der Waals surface area contributed by atoms with Gasteiger partial charge in [0.05, 0.1) is 0 Å². The van der Waals surface area contributed by atoms with E-state index in [1.807, 2.05) is 43.9 Å². The summed E-state index contributed by atoms with van der Waals surface area (Å²) in [5.41, 5.74) is 7.03. The maximum absolute atomic E-state index is 11.9. The molecular formula is C13H23N3O. The van der Waals surface area contributed by atoms with Gasteiger partial charge < -0.3 is 15.2 Å². The molecule has 1 unspecified atom stereocenters. The van der Waals surface area contributed by atoms with Crippen LogP contribution in [0.5, 0.6) is 0 Å². The second-order valence-electron chi connectivity index (χ2n) is 4.73. The van der Waals surface area contributed by atoms with Crippen LogP contribution in [0.3, 0.4) is 0 Å². The van der Waals surface area contributed by atoms with Gasteiger partial charge in [-0.25, -0.2) is 0 Å². The van der Waals surface area contributed by atoms with Crippen LogP contribution in [-0.2, 0) is 11.3 Å². The van der Waals surface area contributed by atoms with Crippen LogP contribution in [0.1, 0.15) is 38.8 Å². The van der Waals surface area contributed by atoms with Gasteiger partial charge in [-0.15, -0.1) is 0 Å². The average Bonchev–Trinajstić information content (AvgIpc) is 2.75. The molecule has 4 nitrogen and oxygen atoms in total. The van der Waals surface area contributed by atoms with E-state index in [9.17, 15) is 4.79 Å². The van der Waals surface area contributed by atoms with Crippen LogP contribution in [-0.4, -0.2) is 28.5 Å². The zero-order valence-corrected chi connectivity index (χ0v) is 11.2. The molecular weight excluding hydrogens is 214 g/mol. The van der Waals surface area contributed by atoms with Crippen LogP contribution in [0.25, 0.3) is 0 Å². The predicted molar refractivity (Wildman–Crippen MR) is 69.6 cm³/mol. The van der Waals surface area contributed by atoms with E-state index in [0.29, 0.717) is 6.54 Å². The molecule has 0 fully saturated rings. The summed E-state index contributed by atoms with van der Waals surface area (Å²) in [6, 6.07) is 2.28. The highest BCUT2D eigenvalue weighted by molar-refractivity contribution is 5.76. The Kier molecular flexibility index (Phi) is 4.75. The fourth-order valence-corrected chi connectivity index (χ4v) is 1.57. The van der Waals surface area contributed by atoms with Gasteiger partial charge in [-0.1, -0.05) is 6.92 Å². The quantitative estimate of drug-likeness (QED) is 0.848. The summed E-state index contributed by atoms with van der Waals surface area (Å²) >= 11 is 0. The summed E-state index contributed by atoms with van der Waals surface area (Å²) in [7, 11) is 1.83. The number of rotatable bonds is 5. The number of nitrogens with zero attached hydrogens (tertiary/aromatic N) is 2. The van der Waals surface area contributed by atoms with Crippen molar-refractivity contribution in [3.8, 4) is 0 Å². The van der Waals surface area contributed by atoms with E-state index in [1.165, 1.54) is 0 Å². The number of carbonyl (C=O) groups is 1. The first-order valence-corrected chi connectivity index (χ1v) is 6.12. The van der Waals surface area contributed by atoms with E-state index in [4.69, 9.17) is 5.73 Å². The minimum atomic E-state index is 0.0641. The summed E-state index contributed by atoms with van der Waals surface area (Å²) in [4.78, 5) is 13.6. The number of nitrogens with two attached hydrogens (primary N) is 1. The molecule has 0 saturated carbocycles. The van der Waals surface area contributed by atoms with E-state index in [0.717, 1.165) is 12.0 Å². The standard InChI is InChI=1S/C13H23N3O/c1-5-12(14)11-6-7-16(8-11)9-13(17)15(4)10(2)3/h6-8,10,12H,5,9,14H2,1-4H3. The van der Waals surface area contributed by atoms with Crippen molar-refractivity contribution in [3.05, 3.63) is 24.0 Å². The van der Waals surface area contributed by atoms with Crippen molar-refractivity contribution in [2.24, 2.45) is 5.73 Å². The molecule has 0 aromatic carbocycles. The van der Waals surface area contributed by atoms with Gasteiger partial charge in [0.2, 0.25) is 5.91 Å². The van der Waals surface area contributed by atoms with Crippen LogP contribution >= 0.6 is 0 Å². The van der Waals surface area contributed by atoms with Gasteiger partial charge in [-0.3, -0.25) is 4.79 Å². The Morgan fingerprint density at radius 3 is 2.71 bits per heavy atom. The molecule has 0 saturated heterocycles. The number of carbonyl (C=O) groups excluding carboxylic acids is 1. The number of hydrogen-bond acceptors (Lipinski definition) is 2. The van der Waals surface area contributed by atoms with Gasteiger partial charge in [0, 0.05) is 31.5 Å². The third-order valence-electron chi connectivity index (χ3n) is 3.13. The van der Waals surface area contributed by atoms with Gasteiger partial charge in [0.25, 0.3) is 0 Å². The smallest absolute Gasteiger partial charge is 0.242 e. The van der Waals surface area contributed by atoms with E-state index < -0.39 is 0 Å². The molecule has 0 spiro atoms. The van der Waals surface area contributed by atoms with E-state index in [2.05, 4.69) is 6.92 Å². The van der Waals surface area contributed by atoms with Gasteiger partial charge in [-0.05, 0) is 31.9 Å². The average molecular weight is 237 g/mol. The molecule has 1 atom stereocenters. The second kappa shape index (κ2) is 5.87. The maximum Gasteiger partial charge on any atom is 0.242 e. The van der Waals surface area contributed by atoms with Crippen molar-refractivity contribution >= 4 is 5.91 Å². The highest BCUT2D eigenvalue weighted by Crippen LogP contribution is 2.13. The zero-order chi connectivity index (χ0) is 13.0. The lowest BCUT2D eigenvalue weighted by Crippen LogP contribution is -2.35. The Labute approximate surface area is 103 Å². The normalized spacial score (nSPS) is 12.8. The van der Waals surface area contributed by atoms with Crippen LogP contribution in [0, 0.1) is 0 Å². The van der Waals surface area contributed by atoms with Gasteiger partial charge >= 0.3 is 0 Å². The maximum atomic E-state index is 11.9. The second-order valence-corrected chi connectivity index (χ2v) is 4.73. The van der Waals surface area contributed by atoms with Crippen molar-refractivity contribution in [2.45, 2.75) is 45.8 Å². The number of aromatic nitrogens is 1. The van der Waals surface area contributed by atoms with Crippen LogP contribution < -0.4 is 5.73 Å². The van der Waals surface area contributed by atoms with Crippen LogP contribution in [0.15, 0.2) is 18.5 Å². The minimum absolute atomic E-state index is 0.0641. The highest BCUT2D eigenvalue weighted by atomic mass is 16.2. The molecule has 0 aliphatic carbocycles. The van der Waals surface area contributed by atoms with Gasteiger partial charge in [-0.2, -0.15) is 0 Å². The molecule has 0 bridgehead atoms. The first-order valence-electron chi connectivity index (χ1n) is 6.12. The van der Waals surface area contributed by atoms with E-state index in [-0.39, 0.29) is 18.0 Å². The lowest BCUT2D eigenvalue weighted by atomic mass is 10.1. The Bertz CT molecular complexity index is 370. The molecule has 0 aliphatic rings.